The molecule has 148 valence electrons. The van der Waals surface area contributed by atoms with E-state index < -0.39 is 0 Å². The highest BCUT2D eigenvalue weighted by molar-refractivity contribution is 5.94. The summed E-state index contributed by atoms with van der Waals surface area (Å²) < 4.78 is 0. The van der Waals surface area contributed by atoms with Gasteiger partial charge in [-0.25, -0.2) is 0 Å². The van der Waals surface area contributed by atoms with Crippen molar-refractivity contribution in [2.24, 2.45) is 0 Å². The third kappa shape index (κ3) is 6.67. The predicted octanol–water partition coefficient (Wildman–Crippen LogP) is 4.82. The fourth-order valence-corrected chi connectivity index (χ4v) is 3.46. The van der Waals surface area contributed by atoms with Gasteiger partial charge >= 0.3 is 0 Å². The fourth-order valence-electron chi connectivity index (χ4n) is 3.46. The van der Waals surface area contributed by atoms with Gasteiger partial charge in [0.05, 0.1) is 0 Å². The van der Waals surface area contributed by atoms with Crippen LogP contribution >= 0.6 is 0 Å². The molecule has 0 heterocycles. The minimum absolute atomic E-state index is 0.0160. The van der Waals surface area contributed by atoms with Crippen molar-refractivity contribution >= 4 is 11.8 Å². The summed E-state index contributed by atoms with van der Waals surface area (Å²) in [6, 6.07) is 8.56. The van der Waals surface area contributed by atoms with Crippen molar-refractivity contribution < 1.29 is 9.59 Å². The van der Waals surface area contributed by atoms with Crippen LogP contribution in [-0.4, -0.2) is 28.8 Å². The van der Waals surface area contributed by atoms with Crippen molar-refractivity contribution in [3.8, 4) is 0 Å². The van der Waals surface area contributed by atoms with Gasteiger partial charge in [-0.2, -0.15) is 0 Å². The Bertz CT molecular complexity index is 618. The van der Waals surface area contributed by atoms with Gasteiger partial charge < -0.3 is 10.2 Å². The first-order chi connectivity index (χ1) is 13.2. The zero-order valence-electron chi connectivity index (χ0n) is 16.7. The number of hydrogen-bond donors (Lipinski definition) is 1. The van der Waals surface area contributed by atoms with Crippen LogP contribution in [0.2, 0.25) is 0 Å². The van der Waals surface area contributed by atoms with E-state index in [4.69, 9.17) is 0 Å². The Morgan fingerprint density at radius 1 is 0.963 bits per heavy atom. The van der Waals surface area contributed by atoms with Gasteiger partial charge in [-0.05, 0) is 49.8 Å². The molecule has 0 atom stereocenters. The van der Waals surface area contributed by atoms with Crippen LogP contribution in [0.15, 0.2) is 24.3 Å². The van der Waals surface area contributed by atoms with Gasteiger partial charge in [0.1, 0.15) is 0 Å². The quantitative estimate of drug-likeness (QED) is 0.536. The van der Waals surface area contributed by atoms with Crippen molar-refractivity contribution in [3.63, 3.8) is 0 Å². The van der Waals surface area contributed by atoms with E-state index in [-0.39, 0.29) is 5.91 Å². The molecular weight excluding hydrogens is 336 g/mol. The van der Waals surface area contributed by atoms with Crippen LogP contribution in [-0.2, 0) is 11.3 Å². The molecule has 0 bridgehead atoms. The second kappa shape index (κ2) is 9.91. The molecule has 4 nitrogen and oxygen atoms in total. The molecular formula is C23H34N2O2. The second-order valence-electron chi connectivity index (χ2n) is 8.22. The zero-order valence-corrected chi connectivity index (χ0v) is 16.7. The Kier molecular flexibility index (Phi) is 7.31. The first kappa shape index (κ1) is 19.9. The molecule has 2 aliphatic rings. The Morgan fingerprint density at radius 2 is 1.63 bits per heavy atom. The van der Waals surface area contributed by atoms with Gasteiger partial charge in [0, 0.05) is 30.6 Å². The lowest BCUT2D eigenvalue weighted by Crippen LogP contribution is -2.32. The summed E-state index contributed by atoms with van der Waals surface area (Å²) in [6.45, 7) is 2.90. The van der Waals surface area contributed by atoms with E-state index in [0.717, 1.165) is 44.1 Å². The molecule has 0 aromatic heterocycles. The Labute approximate surface area is 163 Å². The van der Waals surface area contributed by atoms with Crippen molar-refractivity contribution in [3.05, 3.63) is 35.4 Å². The van der Waals surface area contributed by atoms with Crippen LogP contribution in [0.1, 0.15) is 93.5 Å². The lowest BCUT2D eigenvalue weighted by Gasteiger charge is -2.23. The normalized spacial score (nSPS) is 16.2. The van der Waals surface area contributed by atoms with Crippen molar-refractivity contribution in [1.82, 2.24) is 10.2 Å². The van der Waals surface area contributed by atoms with Gasteiger partial charge in [-0.1, -0.05) is 51.2 Å². The predicted molar refractivity (Wildman–Crippen MR) is 108 cm³/mol. The largest absolute Gasteiger partial charge is 0.349 e. The van der Waals surface area contributed by atoms with Crippen LogP contribution in [0.3, 0.4) is 0 Å². The minimum Gasteiger partial charge on any atom is -0.349 e. The number of carbonyl (C=O) groups is 2. The number of carbonyl (C=O) groups excluding carboxylic acids is 2. The average Bonchev–Trinajstić information content (AvgIpc) is 3.57. The maximum Gasteiger partial charge on any atom is 0.251 e. The fraction of sp³-hybridized carbons (Fsp3) is 0.652. The van der Waals surface area contributed by atoms with E-state index in [2.05, 4.69) is 17.1 Å². The molecule has 2 fully saturated rings. The Balaban J connectivity index is 1.45. The number of benzene rings is 1. The third-order valence-corrected chi connectivity index (χ3v) is 5.53. The van der Waals surface area contributed by atoms with Crippen LogP contribution in [0.4, 0.5) is 0 Å². The van der Waals surface area contributed by atoms with Crippen LogP contribution in [0.5, 0.6) is 0 Å². The summed E-state index contributed by atoms with van der Waals surface area (Å²) in [5.41, 5.74) is 1.82. The summed E-state index contributed by atoms with van der Waals surface area (Å²) >= 11 is 0. The summed E-state index contributed by atoms with van der Waals surface area (Å²) in [5.74, 6) is 0.311. The number of nitrogens with one attached hydrogen (secondary N) is 1. The molecule has 2 saturated carbocycles. The molecule has 3 rings (SSSR count). The molecule has 0 radical (unpaired) electrons. The highest BCUT2D eigenvalue weighted by atomic mass is 16.2. The van der Waals surface area contributed by atoms with E-state index in [1.807, 2.05) is 24.3 Å². The number of nitrogens with zero attached hydrogens (tertiary/aromatic N) is 1. The molecule has 2 amide bonds. The summed E-state index contributed by atoms with van der Waals surface area (Å²) in [4.78, 5) is 26.8. The second-order valence-corrected chi connectivity index (χ2v) is 8.22. The zero-order chi connectivity index (χ0) is 19.1. The van der Waals surface area contributed by atoms with Gasteiger partial charge in [0.15, 0.2) is 0 Å². The van der Waals surface area contributed by atoms with Crippen molar-refractivity contribution in [1.29, 1.82) is 0 Å². The smallest absolute Gasteiger partial charge is 0.251 e. The lowest BCUT2D eigenvalue weighted by molar-refractivity contribution is -0.132. The van der Waals surface area contributed by atoms with E-state index in [1.54, 1.807) is 0 Å². The van der Waals surface area contributed by atoms with Crippen LogP contribution in [0, 0.1) is 0 Å². The first-order valence-corrected chi connectivity index (χ1v) is 10.9. The topological polar surface area (TPSA) is 49.4 Å². The average molecular weight is 371 g/mol. The van der Waals surface area contributed by atoms with Gasteiger partial charge in [-0.3, -0.25) is 9.59 Å². The number of hydrogen-bond acceptors (Lipinski definition) is 2. The van der Waals surface area contributed by atoms with Gasteiger partial charge in [0.2, 0.25) is 5.91 Å². The number of rotatable bonds is 12. The van der Waals surface area contributed by atoms with Crippen LogP contribution in [0.25, 0.3) is 0 Å². The third-order valence-electron chi connectivity index (χ3n) is 5.53. The summed E-state index contributed by atoms with van der Waals surface area (Å²) in [7, 11) is 0. The molecule has 4 heteroatoms. The molecule has 27 heavy (non-hydrogen) atoms. The van der Waals surface area contributed by atoms with Gasteiger partial charge in [-0.15, -0.1) is 0 Å². The monoisotopic (exact) mass is 370 g/mol. The Hall–Kier alpha value is -1.84. The highest BCUT2D eigenvalue weighted by Crippen LogP contribution is 2.29. The molecule has 0 spiro atoms. The molecule has 0 saturated heterocycles. The van der Waals surface area contributed by atoms with E-state index in [9.17, 15) is 9.59 Å². The molecule has 1 N–H and O–H groups in total. The molecule has 1 aromatic carbocycles. The number of amides is 2. The Morgan fingerprint density at radius 3 is 2.26 bits per heavy atom. The van der Waals surface area contributed by atoms with E-state index in [0.29, 0.717) is 36.5 Å². The maximum absolute atomic E-state index is 12.7. The molecule has 2 aliphatic carbocycles. The van der Waals surface area contributed by atoms with E-state index >= 15 is 0 Å². The minimum atomic E-state index is 0.0160. The first-order valence-electron chi connectivity index (χ1n) is 10.9. The summed E-state index contributed by atoms with van der Waals surface area (Å²) in [6.07, 6.45) is 12.4. The molecule has 0 unspecified atom stereocenters. The van der Waals surface area contributed by atoms with E-state index in [1.165, 1.54) is 25.7 Å². The number of unbranched alkanes of at least 4 members (excludes halogenated alkanes) is 5. The van der Waals surface area contributed by atoms with Crippen molar-refractivity contribution in [2.45, 2.75) is 96.2 Å². The summed E-state index contributed by atoms with van der Waals surface area (Å²) in [5, 5.41) is 3.01. The molecule has 1 aromatic rings. The van der Waals surface area contributed by atoms with Gasteiger partial charge in [0.25, 0.3) is 5.91 Å². The maximum atomic E-state index is 12.7. The van der Waals surface area contributed by atoms with Crippen LogP contribution < -0.4 is 5.32 Å². The van der Waals surface area contributed by atoms with Crippen molar-refractivity contribution in [2.75, 3.05) is 0 Å². The SMILES string of the molecule is CCCCCCCCC(=O)N(Cc1ccc(C(=O)NC2CC2)cc1)C1CC1. The lowest BCUT2D eigenvalue weighted by atomic mass is 10.1. The standard InChI is InChI=1S/C23H34N2O2/c1-2-3-4-5-6-7-8-22(26)25(21-15-16-21)17-18-9-11-19(12-10-18)23(27)24-20-13-14-20/h9-12,20-21H,2-8,13-17H2,1H3,(H,24,27). The molecule has 0 aliphatic heterocycles. The highest BCUT2D eigenvalue weighted by Gasteiger charge is 2.32.